The van der Waals surface area contributed by atoms with Gasteiger partial charge in [0.1, 0.15) is 23.5 Å². The maximum Gasteiger partial charge on any atom is 0.407 e. The van der Waals surface area contributed by atoms with E-state index in [1.807, 2.05) is 60.7 Å². The monoisotopic (exact) mass is 723 g/mol. The van der Waals surface area contributed by atoms with E-state index in [2.05, 4.69) is 15.3 Å². The number of nitrogens with two attached hydrogens (primary N) is 1. The van der Waals surface area contributed by atoms with E-state index in [1.54, 1.807) is 52.5 Å². The Kier molecular flexibility index (Phi) is 12.0. The van der Waals surface area contributed by atoms with Crippen molar-refractivity contribution >= 4 is 40.8 Å². The van der Waals surface area contributed by atoms with Gasteiger partial charge in [-0.05, 0) is 94.3 Å². The Morgan fingerprint density at radius 2 is 1.51 bits per heavy atom. The van der Waals surface area contributed by atoms with E-state index in [1.165, 1.54) is 0 Å². The van der Waals surface area contributed by atoms with Gasteiger partial charge < -0.3 is 30.2 Å². The molecule has 2 heterocycles. The van der Waals surface area contributed by atoms with Gasteiger partial charge in [0.05, 0.1) is 17.9 Å². The molecular formula is C41H49N5O7. The van der Waals surface area contributed by atoms with Crippen LogP contribution in [-0.4, -0.2) is 56.6 Å². The molecule has 3 aromatic carbocycles. The number of nitrogens with one attached hydrogen (secondary N) is 1. The van der Waals surface area contributed by atoms with Crippen LogP contribution in [0.1, 0.15) is 94.4 Å². The Hall–Kier alpha value is -5.52. The number of rotatable bonds is 12. The first kappa shape index (κ1) is 38.7. The lowest BCUT2D eigenvalue weighted by atomic mass is 9.97. The number of nitrogens with zero attached hydrogens (tertiary/aromatic N) is 3. The Morgan fingerprint density at radius 3 is 2.19 bits per heavy atom. The summed E-state index contributed by atoms with van der Waals surface area (Å²) in [5, 5.41) is 3.28. The molecule has 2 amide bonds. The molecule has 280 valence electrons. The average Bonchev–Trinajstić information content (AvgIpc) is 3.52. The van der Waals surface area contributed by atoms with Gasteiger partial charge in [0.2, 0.25) is 5.95 Å². The number of unbranched alkanes of at least 4 members (excludes halogenated alkanes) is 1. The van der Waals surface area contributed by atoms with E-state index in [4.69, 9.17) is 19.9 Å². The lowest BCUT2D eigenvalue weighted by Gasteiger charge is -2.22. The number of hydrogen-bond acceptors (Lipinski definition) is 10. The fourth-order valence-electron chi connectivity index (χ4n) is 6.21. The van der Waals surface area contributed by atoms with E-state index in [0.717, 1.165) is 27.8 Å². The Labute approximate surface area is 310 Å². The zero-order valence-electron chi connectivity index (χ0n) is 31.4. The molecule has 0 radical (unpaired) electrons. The van der Waals surface area contributed by atoms with Crippen LogP contribution in [0.4, 0.5) is 10.7 Å². The summed E-state index contributed by atoms with van der Waals surface area (Å²) in [6.07, 6.45) is 0.853. The molecule has 0 unspecified atom stereocenters. The van der Waals surface area contributed by atoms with Gasteiger partial charge in [0, 0.05) is 25.0 Å². The molecule has 0 bridgehead atoms. The van der Waals surface area contributed by atoms with E-state index in [-0.39, 0.29) is 30.6 Å². The second-order valence-corrected chi connectivity index (χ2v) is 15.3. The minimum Gasteiger partial charge on any atom is -0.461 e. The highest BCUT2D eigenvalue weighted by atomic mass is 16.6. The van der Waals surface area contributed by atoms with Crippen molar-refractivity contribution in [1.29, 1.82) is 0 Å². The third kappa shape index (κ3) is 10.8. The number of amides is 2. The lowest BCUT2D eigenvalue weighted by molar-refractivity contribution is -0.162. The third-order valence-corrected chi connectivity index (χ3v) is 8.56. The summed E-state index contributed by atoms with van der Waals surface area (Å²) < 4.78 is 16.7. The lowest BCUT2D eigenvalue weighted by Crippen LogP contribution is -2.33. The molecule has 4 aromatic rings. The topological polar surface area (TPSA) is 163 Å². The van der Waals surface area contributed by atoms with E-state index < -0.39 is 35.2 Å². The molecule has 12 heteroatoms. The number of ether oxygens (including phenoxy) is 3. The van der Waals surface area contributed by atoms with Crippen LogP contribution >= 0.6 is 0 Å². The third-order valence-electron chi connectivity index (χ3n) is 8.56. The molecule has 0 fully saturated rings. The minimum atomic E-state index is -0.743. The van der Waals surface area contributed by atoms with Gasteiger partial charge in [-0.3, -0.25) is 14.4 Å². The van der Waals surface area contributed by atoms with Crippen LogP contribution in [0.5, 0.6) is 0 Å². The minimum absolute atomic E-state index is 0.0119. The number of esters is 2. The van der Waals surface area contributed by atoms with Gasteiger partial charge >= 0.3 is 18.0 Å². The van der Waals surface area contributed by atoms with Crippen molar-refractivity contribution in [2.45, 2.75) is 98.1 Å². The number of carbonyl (C=O) groups is 4. The Balaban J connectivity index is 1.30. The molecular weight excluding hydrogens is 674 g/mol. The smallest absolute Gasteiger partial charge is 0.407 e. The molecule has 5 rings (SSSR count). The number of benzene rings is 3. The molecule has 1 atom stereocenters. The fraction of sp³-hybridized carbons (Fsp3) is 0.415. The van der Waals surface area contributed by atoms with E-state index in [0.29, 0.717) is 49.8 Å². The second-order valence-electron chi connectivity index (χ2n) is 15.3. The van der Waals surface area contributed by atoms with E-state index >= 15 is 0 Å². The van der Waals surface area contributed by atoms with Crippen LogP contribution < -0.4 is 11.1 Å². The van der Waals surface area contributed by atoms with Crippen LogP contribution in [0.15, 0.2) is 66.7 Å². The zero-order chi connectivity index (χ0) is 38.3. The van der Waals surface area contributed by atoms with Crippen molar-refractivity contribution < 1.29 is 33.4 Å². The molecule has 53 heavy (non-hydrogen) atoms. The number of carbonyl (C=O) groups excluding carboxylic acids is 4. The summed E-state index contributed by atoms with van der Waals surface area (Å²) in [4.78, 5) is 62.7. The highest BCUT2D eigenvalue weighted by molar-refractivity contribution is 6.06. The second kappa shape index (κ2) is 16.4. The summed E-state index contributed by atoms with van der Waals surface area (Å²) in [6, 6.07) is 21.0. The summed E-state index contributed by atoms with van der Waals surface area (Å²) in [5.74, 6) is -1.98. The van der Waals surface area contributed by atoms with Gasteiger partial charge in [-0.15, -0.1) is 0 Å². The van der Waals surface area contributed by atoms with Crippen molar-refractivity contribution in [2.24, 2.45) is 5.92 Å². The van der Waals surface area contributed by atoms with E-state index in [9.17, 15) is 19.2 Å². The molecule has 0 aliphatic carbocycles. The average molecular weight is 724 g/mol. The van der Waals surface area contributed by atoms with Crippen molar-refractivity contribution in [3.05, 3.63) is 89.1 Å². The van der Waals surface area contributed by atoms with Gasteiger partial charge in [0.15, 0.2) is 0 Å². The first-order valence-electron chi connectivity index (χ1n) is 17.9. The molecule has 1 aliphatic heterocycles. The number of fused-ring (bicyclic) bond motifs is 2. The molecule has 3 N–H and O–H groups in total. The summed E-state index contributed by atoms with van der Waals surface area (Å²) in [5.41, 5.74) is 10.0. The largest absolute Gasteiger partial charge is 0.461 e. The summed E-state index contributed by atoms with van der Waals surface area (Å²) in [7, 11) is 0. The van der Waals surface area contributed by atoms with Crippen LogP contribution in [0.25, 0.3) is 22.0 Å². The molecule has 0 spiro atoms. The summed E-state index contributed by atoms with van der Waals surface area (Å²) in [6.45, 7) is 12.0. The van der Waals surface area contributed by atoms with Crippen LogP contribution in [0.3, 0.4) is 0 Å². The number of alkyl carbamates (subject to hydrolysis) is 1. The van der Waals surface area contributed by atoms with Crippen molar-refractivity contribution in [3.8, 4) is 11.1 Å². The number of hydrogen-bond donors (Lipinski definition) is 2. The summed E-state index contributed by atoms with van der Waals surface area (Å²) >= 11 is 0. The van der Waals surface area contributed by atoms with Crippen molar-refractivity contribution in [3.63, 3.8) is 0 Å². The van der Waals surface area contributed by atoms with Crippen LogP contribution in [0, 0.1) is 5.92 Å². The maximum absolute atomic E-state index is 13.8. The Morgan fingerprint density at radius 1 is 0.849 bits per heavy atom. The zero-order valence-corrected chi connectivity index (χ0v) is 31.4. The van der Waals surface area contributed by atoms with Crippen LogP contribution in [0.2, 0.25) is 0 Å². The van der Waals surface area contributed by atoms with Gasteiger partial charge in [0.25, 0.3) is 5.91 Å². The first-order valence-corrected chi connectivity index (χ1v) is 17.9. The molecule has 0 saturated heterocycles. The predicted octanol–water partition coefficient (Wildman–Crippen LogP) is 7.12. The number of anilines is 1. The van der Waals surface area contributed by atoms with Crippen molar-refractivity contribution in [1.82, 2.24) is 20.2 Å². The normalized spacial score (nSPS) is 13.3. The Bertz CT molecular complexity index is 1960. The maximum atomic E-state index is 13.8. The molecule has 0 saturated carbocycles. The molecule has 12 nitrogen and oxygen atoms in total. The molecule has 1 aliphatic rings. The predicted molar refractivity (Wildman–Crippen MR) is 201 cm³/mol. The number of aromatic nitrogens is 2. The number of nitrogen functional groups attached to an aromatic ring is 1. The van der Waals surface area contributed by atoms with Gasteiger partial charge in [-0.1, -0.05) is 61.0 Å². The van der Waals surface area contributed by atoms with Gasteiger partial charge in [-0.2, -0.15) is 0 Å². The standard InChI is InChI=1S/C41H49N5O7/c1-40(2,3)52-34(47)22-27(13-11-12-20-43-39(50)53-41(4,5)6)37(49)51-25-30-16-9-10-17-31(30)26-18-19-33-32(21-26)35(45-38(42)44-33)36(48)46-23-28-14-7-8-15-29(28)24-46/h7-10,14-19,21,27H,11-13,20,22-25H2,1-6H3,(H,43,50)(H2,42,44,45)/t27-/m1/s1. The van der Waals surface area contributed by atoms with Gasteiger partial charge in [-0.25, -0.2) is 14.8 Å². The SMILES string of the molecule is CC(C)(C)OC(=O)C[C@@H](CCCCNC(=O)OC(C)(C)C)C(=O)OCc1ccccc1-c1ccc2nc(N)nc(C(=O)N3Cc4ccccc4C3)c2c1. The van der Waals surface area contributed by atoms with Crippen LogP contribution in [-0.2, 0) is 43.5 Å². The first-order chi connectivity index (χ1) is 25.1. The van der Waals surface area contributed by atoms with Crippen molar-refractivity contribution in [2.75, 3.05) is 12.3 Å². The highest BCUT2D eigenvalue weighted by Gasteiger charge is 2.29. The fourth-order valence-corrected chi connectivity index (χ4v) is 6.21. The molecule has 1 aromatic heterocycles. The highest BCUT2D eigenvalue weighted by Crippen LogP contribution is 2.31. The quantitative estimate of drug-likeness (QED) is 0.0874.